The van der Waals surface area contributed by atoms with Gasteiger partial charge in [-0.2, -0.15) is 0 Å². The van der Waals surface area contributed by atoms with Gasteiger partial charge >= 0.3 is 5.97 Å². The lowest BCUT2D eigenvalue weighted by Gasteiger charge is -2.23. The van der Waals surface area contributed by atoms with E-state index in [1.807, 2.05) is 0 Å². The van der Waals surface area contributed by atoms with E-state index in [4.69, 9.17) is 4.74 Å². The van der Waals surface area contributed by atoms with E-state index in [2.05, 4.69) is 10.6 Å². The minimum absolute atomic E-state index is 0.0261. The first-order valence-electron chi connectivity index (χ1n) is 7.18. The summed E-state index contributed by atoms with van der Waals surface area (Å²) in [6.07, 6.45) is 0.325. The van der Waals surface area contributed by atoms with Crippen LogP contribution in [-0.2, 0) is 24.2 Å². The van der Waals surface area contributed by atoms with E-state index in [0.29, 0.717) is 11.3 Å². The summed E-state index contributed by atoms with van der Waals surface area (Å²) < 4.78 is 27.7. The minimum Gasteiger partial charge on any atom is -0.454 e. The SMILES string of the molecule is C[C@@]1(NC(=O)COC(=O)CNC(=O)c2cccs2)CCS(=O)(=O)C1. The minimum atomic E-state index is -3.14. The van der Waals surface area contributed by atoms with Crippen LogP contribution in [0, 0.1) is 0 Å². The van der Waals surface area contributed by atoms with Crippen molar-refractivity contribution < 1.29 is 27.5 Å². The predicted molar refractivity (Wildman–Crippen MR) is 87.4 cm³/mol. The largest absolute Gasteiger partial charge is 0.454 e. The Morgan fingerprint density at radius 2 is 2.12 bits per heavy atom. The summed E-state index contributed by atoms with van der Waals surface area (Å²) in [5.74, 6) is -1.82. The Bertz CT molecular complexity index is 728. The molecule has 10 heteroatoms. The lowest BCUT2D eigenvalue weighted by Crippen LogP contribution is -2.48. The number of esters is 1. The fourth-order valence-corrected chi connectivity index (χ4v) is 5.06. The lowest BCUT2D eigenvalue weighted by atomic mass is 10.0. The van der Waals surface area contributed by atoms with Gasteiger partial charge in [-0.3, -0.25) is 14.4 Å². The highest BCUT2D eigenvalue weighted by Crippen LogP contribution is 2.22. The van der Waals surface area contributed by atoms with E-state index < -0.39 is 39.8 Å². The van der Waals surface area contributed by atoms with Crippen LogP contribution in [-0.4, -0.2) is 56.4 Å². The van der Waals surface area contributed by atoms with Gasteiger partial charge in [0, 0.05) is 0 Å². The smallest absolute Gasteiger partial charge is 0.325 e. The molecule has 0 aromatic carbocycles. The van der Waals surface area contributed by atoms with Crippen molar-refractivity contribution >= 4 is 39.0 Å². The van der Waals surface area contributed by atoms with Crippen molar-refractivity contribution in [2.75, 3.05) is 24.7 Å². The molecule has 1 aromatic heterocycles. The second-order valence-electron chi connectivity index (χ2n) is 5.77. The van der Waals surface area contributed by atoms with E-state index in [1.54, 1.807) is 24.4 Å². The highest BCUT2D eigenvalue weighted by atomic mass is 32.2. The molecule has 0 saturated carbocycles. The summed E-state index contributed by atoms with van der Waals surface area (Å²) in [5.41, 5.74) is -0.838. The predicted octanol–water partition coefficient (Wildman–Crippen LogP) is -0.285. The summed E-state index contributed by atoms with van der Waals surface area (Å²) in [6, 6.07) is 3.33. The van der Waals surface area contributed by atoms with Gasteiger partial charge in [-0.15, -0.1) is 11.3 Å². The van der Waals surface area contributed by atoms with Gasteiger partial charge in [0.25, 0.3) is 11.8 Å². The van der Waals surface area contributed by atoms with E-state index >= 15 is 0 Å². The van der Waals surface area contributed by atoms with Crippen LogP contribution >= 0.6 is 11.3 Å². The molecular formula is C14H18N2O6S2. The quantitative estimate of drug-likeness (QED) is 0.661. The van der Waals surface area contributed by atoms with Crippen molar-refractivity contribution in [2.24, 2.45) is 0 Å². The Balaban J connectivity index is 1.70. The molecule has 0 radical (unpaired) electrons. The van der Waals surface area contributed by atoms with Gasteiger partial charge in [0.1, 0.15) is 6.54 Å². The maximum absolute atomic E-state index is 11.8. The number of amides is 2. The second-order valence-corrected chi connectivity index (χ2v) is 8.90. The van der Waals surface area contributed by atoms with Crippen LogP contribution in [0.25, 0.3) is 0 Å². The van der Waals surface area contributed by atoms with Gasteiger partial charge in [-0.25, -0.2) is 8.42 Å². The zero-order valence-corrected chi connectivity index (χ0v) is 14.7. The second kappa shape index (κ2) is 7.31. The molecule has 0 spiro atoms. The molecule has 0 unspecified atom stereocenters. The monoisotopic (exact) mass is 374 g/mol. The van der Waals surface area contributed by atoms with Crippen LogP contribution < -0.4 is 10.6 Å². The molecular weight excluding hydrogens is 356 g/mol. The van der Waals surface area contributed by atoms with Crippen molar-refractivity contribution in [3.63, 3.8) is 0 Å². The molecule has 1 atom stereocenters. The molecule has 8 nitrogen and oxygen atoms in total. The van der Waals surface area contributed by atoms with E-state index in [1.165, 1.54) is 11.3 Å². The molecule has 1 saturated heterocycles. The molecule has 2 rings (SSSR count). The Kier molecular flexibility index (Phi) is 5.60. The zero-order chi connectivity index (χ0) is 17.8. The van der Waals surface area contributed by atoms with Crippen LogP contribution in [0.1, 0.15) is 23.0 Å². The zero-order valence-electron chi connectivity index (χ0n) is 13.0. The van der Waals surface area contributed by atoms with Crippen molar-refractivity contribution in [1.29, 1.82) is 0 Å². The molecule has 1 aliphatic rings. The highest BCUT2D eigenvalue weighted by molar-refractivity contribution is 7.91. The number of carbonyl (C=O) groups excluding carboxylic acids is 3. The molecule has 1 fully saturated rings. The summed E-state index contributed by atoms with van der Waals surface area (Å²) >= 11 is 1.24. The van der Waals surface area contributed by atoms with Gasteiger partial charge in [-0.05, 0) is 24.8 Å². The molecule has 0 aliphatic carbocycles. The van der Waals surface area contributed by atoms with E-state index in [9.17, 15) is 22.8 Å². The first-order valence-corrected chi connectivity index (χ1v) is 9.88. The van der Waals surface area contributed by atoms with Gasteiger partial charge < -0.3 is 15.4 Å². The molecule has 1 aliphatic heterocycles. The third kappa shape index (κ3) is 5.31. The molecule has 2 heterocycles. The number of rotatable bonds is 6. The molecule has 2 amide bonds. The van der Waals surface area contributed by atoms with Gasteiger partial charge in [0.15, 0.2) is 16.4 Å². The number of thiophene rings is 1. The Hall–Kier alpha value is -1.94. The van der Waals surface area contributed by atoms with Crippen LogP contribution in [0.3, 0.4) is 0 Å². The summed E-state index contributed by atoms with van der Waals surface area (Å²) in [7, 11) is -3.14. The molecule has 1 aromatic rings. The summed E-state index contributed by atoms with van der Waals surface area (Å²) in [6.45, 7) is 0.761. The average Bonchev–Trinajstić information content (AvgIpc) is 3.10. The maximum Gasteiger partial charge on any atom is 0.325 e. The van der Waals surface area contributed by atoms with Crippen LogP contribution in [0.2, 0.25) is 0 Å². The summed E-state index contributed by atoms with van der Waals surface area (Å²) in [4.78, 5) is 35.4. The van der Waals surface area contributed by atoms with Crippen LogP contribution in [0.5, 0.6) is 0 Å². The fraction of sp³-hybridized carbons (Fsp3) is 0.500. The lowest BCUT2D eigenvalue weighted by molar-refractivity contribution is -0.147. The average molecular weight is 374 g/mol. The maximum atomic E-state index is 11.8. The van der Waals surface area contributed by atoms with Crippen molar-refractivity contribution in [3.05, 3.63) is 22.4 Å². The first-order chi connectivity index (χ1) is 11.2. The summed E-state index contributed by atoms with van der Waals surface area (Å²) in [5, 5.41) is 6.70. The van der Waals surface area contributed by atoms with Crippen molar-refractivity contribution in [2.45, 2.75) is 18.9 Å². The first kappa shape index (κ1) is 18.4. The number of hydrogen-bond donors (Lipinski definition) is 2. The van der Waals surface area contributed by atoms with E-state index in [-0.39, 0.29) is 18.1 Å². The topological polar surface area (TPSA) is 119 Å². The standard InChI is InChI=1S/C14H18N2O6S2/c1-14(4-6-24(20,21)9-14)16-11(17)8-22-12(18)7-15-13(19)10-3-2-5-23-10/h2-3,5H,4,6-9H2,1H3,(H,15,19)(H,16,17)/t14-/m1/s1. The van der Waals surface area contributed by atoms with E-state index in [0.717, 1.165) is 0 Å². The molecule has 2 N–H and O–H groups in total. The number of hydrogen-bond acceptors (Lipinski definition) is 7. The number of nitrogens with one attached hydrogen (secondary N) is 2. The Morgan fingerprint density at radius 3 is 2.71 bits per heavy atom. The van der Waals surface area contributed by atoms with Crippen LogP contribution in [0.15, 0.2) is 17.5 Å². The van der Waals surface area contributed by atoms with Gasteiger partial charge in [0.2, 0.25) is 0 Å². The molecule has 24 heavy (non-hydrogen) atoms. The third-order valence-corrected chi connectivity index (χ3v) is 6.22. The third-order valence-electron chi connectivity index (χ3n) is 3.45. The normalized spacial score (nSPS) is 21.9. The van der Waals surface area contributed by atoms with Crippen molar-refractivity contribution in [1.82, 2.24) is 10.6 Å². The fourth-order valence-electron chi connectivity index (χ4n) is 2.33. The Labute approximate surface area is 143 Å². The Morgan fingerprint density at radius 1 is 1.38 bits per heavy atom. The van der Waals surface area contributed by atoms with Crippen molar-refractivity contribution in [3.8, 4) is 0 Å². The molecule has 132 valence electrons. The van der Waals surface area contributed by atoms with Gasteiger partial charge in [0.05, 0.1) is 21.9 Å². The highest BCUT2D eigenvalue weighted by Gasteiger charge is 2.39. The number of sulfone groups is 1. The van der Waals surface area contributed by atoms with Gasteiger partial charge in [-0.1, -0.05) is 6.07 Å². The number of ether oxygens (including phenoxy) is 1. The van der Waals surface area contributed by atoms with Crippen LogP contribution in [0.4, 0.5) is 0 Å². The molecule has 0 bridgehead atoms. The number of carbonyl (C=O) groups is 3.